The first-order valence-corrected chi connectivity index (χ1v) is 14.1. The third-order valence-electron chi connectivity index (χ3n) is 7.42. The van der Waals surface area contributed by atoms with E-state index < -0.39 is 14.9 Å². The molecule has 2 atom stereocenters. The Morgan fingerprint density at radius 1 is 1.05 bits per heavy atom. The van der Waals surface area contributed by atoms with Gasteiger partial charge >= 0.3 is 6.01 Å². The molecule has 0 unspecified atom stereocenters. The van der Waals surface area contributed by atoms with Crippen molar-refractivity contribution in [1.29, 1.82) is 0 Å². The molecule has 3 aromatic heterocycles. The van der Waals surface area contributed by atoms with Crippen LogP contribution in [0, 0.1) is 18.6 Å². The molecule has 191 valence electrons. The van der Waals surface area contributed by atoms with E-state index in [4.69, 9.17) is 9.16 Å². The zero-order valence-electron chi connectivity index (χ0n) is 20.9. The Morgan fingerprint density at radius 2 is 1.84 bits per heavy atom. The fourth-order valence-corrected chi connectivity index (χ4v) is 8.27. The molecule has 0 amide bonds. The molecule has 2 bridgehead atoms. The van der Waals surface area contributed by atoms with E-state index in [1.807, 2.05) is 6.07 Å². The van der Waals surface area contributed by atoms with Crippen LogP contribution in [-0.4, -0.2) is 64.7 Å². The molecule has 2 saturated heterocycles. The summed E-state index contributed by atoms with van der Waals surface area (Å²) in [7, 11) is 2.65. The van der Waals surface area contributed by atoms with E-state index in [1.54, 1.807) is 17.6 Å². The Balaban J connectivity index is 1.33. The lowest BCUT2D eigenvalue weighted by molar-refractivity contribution is 0.243. The number of methoxy groups -OCH3 is 1. The number of nitrogens with zero attached hydrogens (tertiary/aromatic N) is 6. The summed E-state index contributed by atoms with van der Waals surface area (Å²) in [4.78, 5) is 19.9. The van der Waals surface area contributed by atoms with Gasteiger partial charge in [-0.15, -0.1) is 0 Å². The Kier molecular flexibility index (Phi) is 6.11. The van der Waals surface area contributed by atoms with Crippen molar-refractivity contribution in [2.45, 2.75) is 50.5 Å². The summed E-state index contributed by atoms with van der Waals surface area (Å²) in [6.45, 7) is 1.92. The van der Waals surface area contributed by atoms with E-state index >= 15 is 4.39 Å². The number of hydrogen-bond donors (Lipinski definition) is 0. The maximum atomic E-state index is 15.4. The first-order valence-electron chi connectivity index (χ1n) is 12.3. The van der Waals surface area contributed by atoms with E-state index in [0.29, 0.717) is 51.6 Å². The first kappa shape index (κ1) is 23.9. The quantitative estimate of drug-likeness (QED) is 0.349. The highest BCUT2D eigenvalue weighted by Crippen LogP contribution is 2.36. The van der Waals surface area contributed by atoms with Gasteiger partial charge < -0.3 is 18.6 Å². The molecule has 1 radical (unpaired) electrons. The summed E-state index contributed by atoms with van der Waals surface area (Å²) in [6.07, 6.45) is 5.09. The average Bonchev–Trinajstić information content (AvgIpc) is 3.32. The number of rotatable bonds is 6. The maximum absolute atomic E-state index is 15.4. The van der Waals surface area contributed by atoms with Crippen LogP contribution in [0.3, 0.4) is 0 Å². The van der Waals surface area contributed by atoms with Gasteiger partial charge in [-0.3, -0.25) is 4.98 Å². The highest BCUT2D eigenvalue weighted by atomic mass is 28.3. The molecule has 1 aromatic carbocycles. The number of fused-ring (bicyclic) bond motifs is 3. The van der Waals surface area contributed by atoms with Crippen molar-refractivity contribution in [1.82, 2.24) is 29.4 Å². The predicted molar refractivity (Wildman–Crippen MR) is 136 cm³/mol. The smallest absolute Gasteiger partial charge is 0.318 e. The van der Waals surface area contributed by atoms with Crippen molar-refractivity contribution in [3.8, 4) is 23.1 Å². The Hall–Kier alpha value is -3.44. The van der Waals surface area contributed by atoms with Gasteiger partial charge in [0.05, 0.1) is 25.5 Å². The van der Waals surface area contributed by atoms with E-state index in [0.717, 1.165) is 18.3 Å². The summed E-state index contributed by atoms with van der Waals surface area (Å²) in [6, 6.07) is 9.86. The number of aryl methyl sites for hydroxylation is 1. The van der Waals surface area contributed by atoms with Gasteiger partial charge in [0.1, 0.15) is 28.7 Å². The summed E-state index contributed by atoms with van der Waals surface area (Å²) >= 11 is 0. The van der Waals surface area contributed by atoms with Gasteiger partial charge in [-0.2, -0.15) is 9.97 Å². The fourth-order valence-electron chi connectivity index (χ4n) is 5.44. The van der Waals surface area contributed by atoms with E-state index in [1.165, 1.54) is 38.3 Å². The Labute approximate surface area is 215 Å². The standard InChI is InChI=1S/C26H27F2N6O2Si/c1-15-23-25(32-26(30-15)35-3)34(24(31-23)17-8-18(27)11-29-10-17)12-16-4-7-21(9-22(16)28)36-37-13-19-5-6-20(14-37)33(19)2/h4,7-11,19-20H,5-6,12-14H2,1-3H3/t19-,20+. The lowest BCUT2D eigenvalue weighted by Crippen LogP contribution is -2.45. The molecule has 0 N–H and O–H groups in total. The van der Waals surface area contributed by atoms with Gasteiger partial charge in [0.25, 0.3) is 9.04 Å². The zero-order valence-corrected chi connectivity index (χ0v) is 21.9. The van der Waals surface area contributed by atoms with Crippen molar-refractivity contribution < 1.29 is 17.9 Å². The first-order chi connectivity index (χ1) is 17.9. The van der Waals surface area contributed by atoms with Crippen LogP contribution in [0.4, 0.5) is 8.78 Å². The summed E-state index contributed by atoms with van der Waals surface area (Å²) in [5.74, 6) is 0.122. The molecular formula is C26H27F2N6O2Si. The molecular weight excluding hydrogens is 494 g/mol. The van der Waals surface area contributed by atoms with E-state index in [2.05, 4.69) is 31.9 Å². The normalized spacial score (nSPS) is 20.0. The lowest BCUT2D eigenvalue weighted by atomic mass is 10.2. The van der Waals surface area contributed by atoms with Crippen molar-refractivity contribution in [2.75, 3.05) is 14.2 Å². The van der Waals surface area contributed by atoms with Gasteiger partial charge in [-0.25, -0.2) is 13.8 Å². The summed E-state index contributed by atoms with van der Waals surface area (Å²) in [5.41, 5.74) is 2.50. The van der Waals surface area contributed by atoms with Crippen LogP contribution in [0.5, 0.6) is 11.8 Å². The second kappa shape index (κ2) is 9.46. The van der Waals surface area contributed by atoms with Crippen LogP contribution in [-0.2, 0) is 6.54 Å². The summed E-state index contributed by atoms with van der Waals surface area (Å²) in [5, 5.41) is 0. The van der Waals surface area contributed by atoms with Crippen LogP contribution < -0.4 is 9.16 Å². The zero-order chi connectivity index (χ0) is 25.7. The lowest BCUT2D eigenvalue weighted by Gasteiger charge is -2.34. The highest BCUT2D eigenvalue weighted by molar-refractivity contribution is 6.53. The maximum Gasteiger partial charge on any atom is 0.318 e. The van der Waals surface area contributed by atoms with Gasteiger partial charge in [-0.05, 0) is 51.0 Å². The van der Waals surface area contributed by atoms with Crippen LogP contribution in [0.2, 0.25) is 12.1 Å². The minimum absolute atomic E-state index is 0.126. The molecule has 5 heterocycles. The largest absolute Gasteiger partial charge is 0.542 e. The molecule has 2 aliphatic rings. The monoisotopic (exact) mass is 521 g/mol. The fraction of sp³-hybridized carbons (Fsp3) is 0.385. The minimum Gasteiger partial charge on any atom is -0.542 e. The van der Waals surface area contributed by atoms with Crippen LogP contribution in [0.1, 0.15) is 24.1 Å². The SMILES string of the molecule is COc1nc(C)c2nc(-c3cncc(F)c3)n(Cc3ccc(O[Si]4C[C@H]5CC[C@@H](C4)N5C)cc3F)c2n1. The van der Waals surface area contributed by atoms with Crippen molar-refractivity contribution >= 4 is 20.2 Å². The van der Waals surface area contributed by atoms with Crippen LogP contribution in [0.15, 0.2) is 36.7 Å². The molecule has 0 spiro atoms. The number of imidazole rings is 1. The number of ether oxygens (including phenoxy) is 1. The molecule has 8 nitrogen and oxygen atoms in total. The third-order valence-corrected chi connectivity index (χ3v) is 9.80. The minimum atomic E-state index is -1.03. The van der Waals surface area contributed by atoms with E-state index in [-0.39, 0.29) is 18.4 Å². The van der Waals surface area contributed by atoms with Gasteiger partial charge in [0, 0.05) is 35.5 Å². The number of hydrogen-bond acceptors (Lipinski definition) is 7. The second-order valence-electron chi connectivity index (χ2n) is 9.73. The Morgan fingerprint density at radius 3 is 2.54 bits per heavy atom. The molecule has 2 fully saturated rings. The third kappa shape index (κ3) is 4.46. The number of pyridine rings is 1. The number of halogens is 2. The van der Waals surface area contributed by atoms with Crippen LogP contribution >= 0.6 is 0 Å². The molecule has 0 aliphatic carbocycles. The molecule has 6 rings (SSSR count). The summed E-state index contributed by atoms with van der Waals surface area (Å²) < 4.78 is 42.7. The molecule has 11 heteroatoms. The van der Waals surface area contributed by atoms with E-state index in [9.17, 15) is 4.39 Å². The molecule has 37 heavy (non-hydrogen) atoms. The number of aromatic nitrogens is 5. The molecule has 4 aromatic rings. The van der Waals surface area contributed by atoms with Crippen molar-refractivity contribution in [2.24, 2.45) is 0 Å². The highest BCUT2D eigenvalue weighted by Gasteiger charge is 2.41. The van der Waals surface area contributed by atoms with Crippen molar-refractivity contribution in [3.63, 3.8) is 0 Å². The molecule has 2 aliphatic heterocycles. The van der Waals surface area contributed by atoms with Crippen molar-refractivity contribution in [3.05, 3.63) is 59.6 Å². The predicted octanol–water partition coefficient (Wildman–Crippen LogP) is 4.38. The Bertz CT molecular complexity index is 1470. The number of benzene rings is 1. The van der Waals surface area contributed by atoms with Gasteiger partial charge in [0.15, 0.2) is 5.65 Å². The topological polar surface area (TPSA) is 78.2 Å². The second-order valence-corrected chi connectivity index (χ2v) is 11.8. The molecule has 0 saturated carbocycles. The van der Waals surface area contributed by atoms with Crippen LogP contribution in [0.25, 0.3) is 22.6 Å². The van der Waals surface area contributed by atoms with Gasteiger partial charge in [0.2, 0.25) is 0 Å². The van der Waals surface area contributed by atoms with Gasteiger partial charge in [-0.1, -0.05) is 6.07 Å². The average molecular weight is 522 g/mol.